The SMILES string of the molecule is CCC#Cc1ncncc1N. The third-order valence-electron chi connectivity index (χ3n) is 1.12. The van der Waals surface area contributed by atoms with Gasteiger partial charge in [0.05, 0.1) is 11.9 Å². The van der Waals surface area contributed by atoms with Crippen molar-refractivity contribution in [2.45, 2.75) is 13.3 Å². The minimum Gasteiger partial charge on any atom is -0.395 e. The Labute approximate surface area is 65.7 Å². The van der Waals surface area contributed by atoms with Crippen LogP contribution in [0.3, 0.4) is 0 Å². The molecule has 0 aliphatic rings. The second kappa shape index (κ2) is 3.57. The molecule has 0 atom stereocenters. The molecule has 0 spiro atoms. The average molecular weight is 147 g/mol. The number of nitrogens with two attached hydrogens (primary N) is 1. The zero-order valence-corrected chi connectivity index (χ0v) is 6.33. The summed E-state index contributed by atoms with van der Waals surface area (Å²) in [5.74, 6) is 5.72. The largest absolute Gasteiger partial charge is 0.395 e. The second-order valence-corrected chi connectivity index (χ2v) is 1.98. The lowest BCUT2D eigenvalue weighted by Gasteiger charge is -1.92. The predicted molar refractivity (Wildman–Crippen MR) is 43.6 cm³/mol. The fraction of sp³-hybridized carbons (Fsp3) is 0.250. The number of nitrogen functional groups attached to an aromatic ring is 1. The zero-order chi connectivity index (χ0) is 8.10. The van der Waals surface area contributed by atoms with Crippen molar-refractivity contribution in [3.8, 4) is 11.8 Å². The quantitative estimate of drug-likeness (QED) is 0.553. The molecule has 0 amide bonds. The molecule has 0 saturated heterocycles. The van der Waals surface area contributed by atoms with Crippen molar-refractivity contribution in [1.29, 1.82) is 0 Å². The molecule has 56 valence electrons. The van der Waals surface area contributed by atoms with Crippen molar-refractivity contribution in [2.75, 3.05) is 5.73 Å². The summed E-state index contributed by atoms with van der Waals surface area (Å²) < 4.78 is 0. The number of hydrogen-bond donors (Lipinski definition) is 1. The molecule has 1 aromatic rings. The summed E-state index contributed by atoms with van der Waals surface area (Å²) in [6.07, 6.45) is 3.80. The van der Waals surface area contributed by atoms with E-state index in [1.54, 1.807) is 6.20 Å². The Hall–Kier alpha value is -1.56. The van der Waals surface area contributed by atoms with Gasteiger partial charge < -0.3 is 5.73 Å². The van der Waals surface area contributed by atoms with E-state index in [1.807, 2.05) is 6.92 Å². The molecule has 0 aromatic carbocycles. The Balaban J connectivity index is 2.95. The smallest absolute Gasteiger partial charge is 0.139 e. The summed E-state index contributed by atoms with van der Waals surface area (Å²) in [6, 6.07) is 0. The Morgan fingerprint density at radius 2 is 2.45 bits per heavy atom. The molecule has 2 N–H and O–H groups in total. The predicted octanol–water partition coefficient (Wildman–Crippen LogP) is 0.820. The highest BCUT2D eigenvalue weighted by Gasteiger charge is 1.92. The van der Waals surface area contributed by atoms with Crippen LogP contribution >= 0.6 is 0 Å². The zero-order valence-electron chi connectivity index (χ0n) is 6.33. The van der Waals surface area contributed by atoms with Crippen LogP contribution in [0.4, 0.5) is 5.69 Å². The van der Waals surface area contributed by atoms with Crippen molar-refractivity contribution >= 4 is 5.69 Å². The maximum absolute atomic E-state index is 5.53. The number of aromatic nitrogens is 2. The van der Waals surface area contributed by atoms with E-state index in [0.29, 0.717) is 11.4 Å². The summed E-state index contributed by atoms with van der Waals surface area (Å²) in [6.45, 7) is 1.98. The lowest BCUT2D eigenvalue weighted by atomic mass is 10.3. The lowest BCUT2D eigenvalue weighted by molar-refractivity contribution is 1.15. The summed E-state index contributed by atoms with van der Waals surface area (Å²) in [5.41, 5.74) is 6.68. The fourth-order valence-corrected chi connectivity index (χ4v) is 0.617. The van der Waals surface area contributed by atoms with Crippen LogP contribution in [-0.2, 0) is 0 Å². The van der Waals surface area contributed by atoms with Crippen LogP contribution in [0.2, 0.25) is 0 Å². The van der Waals surface area contributed by atoms with E-state index >= 15 is 0 Å². The second-order valence-electron chi connectivity index (χ2n) is 1.98. The highest BCUT2D eigenvalue weighted by molar-refractivity contribution is 5.49. The van der Waals surface area contributed by atoms with E-state index < -0.39 is 0 Å². The van der Waals surface area contributed by atoms with Gasteiger partial charge in [-0.3, -0.25) is 0 Å². The Morgan fingerprint density at radius 3 is 3.09 bits per heavy atom. The van der Waals surface area contributed by atoms with E-state index in [2.05, 4.69) is 21.8 Å². The first kappa shape index (κ1) is 7.55. The Bertz CT molecular complexity index is 296. The maximum Gasteiger partial charge on any atom is 0.139 e. The third kappa shape index (κ3) is 1.94. The number of rotatable bonds is 0. The maximum atomic E-state index is 5.53. The normalized spacial score (nSPS) is 8.45. The molecular weight excluding hydrogens is 138 g/mol. The highest BCUT2D eigenvalue weighted by atomic mass is 14.8. The van der Waals surface area contributed by atoms with Gasteiger partial charge in [-0.15, -0.1) is 0 Å². The van der Waals surface area contributed by atoms with Gasteiger partial charge in [-0.1, -0.05) is 12.8 Å². The van der Waals surface area contributed by atoms with Crippen LogP contribution in [0.5, 0.6) is 0 Å². The molecule has 0 unspecified atom stereocenters. The first-order valence-electron chi connectivity index (χ1n) is 3.39. The minimum absolute atomic E-state index is 0.536. The van der Waals surface area contributed by atoms with Crippen molar-refractivity contribution in [3.63, 3.8) is 0 Å². The molecule has 1 rings (SSSR count). The molecule has 0 aliphatic carbocycles. The van der Waals surface area contributed by atoms with E-state index in [-0.39, 0.29) is 0 Å². The number of hydrogen-bond acceptors (Lipinski definition) is 3. The van der Waals surface area contributed by atoms with Gasteiger partial charge in [0.1, 0.15) is 12.0 Å². The van der Waals surface area contributed by atoms with E-state index in [1.165, 1.54) is 6.33 Å². The van der Waals surface area contributed by atoms with Gasteiger partial charge in [0.25, 0.3) is 0 Å². The minimum atomic E-state index is 0.536. The van der Waals surface area contributed by atoms with Gasteiger partial charge >= 0.3 is 0 Å². The first-order chi connectivity index (χ1) is 5.34. The van der Waals surface area contributed by atoms with E-state index in [0.717, 1.165) is 6.42 Å². The summed E-state index contributed by atoms with van der Waals surface area (Å²) in [5, 5.41) is 0. The summed E-state index contributed by atoms with van der Waals surface area (Å²) in [4.78, 5) is 7.66. The molecule has 0 radical (unpaired) electrons. The molecule has 0 aliphatic heterocycles. The molecule has 0 fully saturated rings. The topological polar surface area (TPSA) is 51.8 Å². The molecule has 1 heterocycles. The Morgan fingerprint density at radius 1 is 1.64 bits per heavy atom. The van der Waals surface area contributed by atoms with Crippen LogP contribution in [0.1, 0.15) is 19.0 Å². The van der Waals surface area contributed by atoms with Gasteiger partial charge in [-0.25, -0.2) is 9.97 Å². The van der Waals surface area contributed by atoms with Gasteiger partial charge in [0.15, 0.2) is 0 Å². The van der Waals surface area contributed by atoms with Crippen molar-refractivity contribution in [3.05, 3.63) is 18.2 Å². The van der Waals surface area contributed by atoms with Gasteiger partial charge in [0.2, 0.25) is 0 Å². The number of nitrogens with zero attached hydrogens (tertiary/aromatic N) is 2. The molecule has 1 aromatic heterocycles. The summed E-state index contributed by atoms with van der Waals surface area (Å²) >= 11 is 0. The summed E-state index contributed by atoms with van der Waals surface area (Å²) in [7, 11) is 0. The van der Waals surface area contributed by atoms with Crippen LogP contribution < -0.4 is 5.73 Å². The third-order valence-corrected chi connectivity index (χ3v) is 1.12. The molecule has 3 heteroatoms. The van der Waals surface area contributed by atoms with Crippen molar-refractivity contribution in [1.82, 2.24) is 9.97 Å². The lowest BCUT2D eigenvalue weighted by Crippen LogP contribution is -1.93. The molecule has 11 heavy (non-hydrogen) atoms. The fourth-order valence-electron chi connectivity index (χ4n) is 0.617. The van der Waals surface area contributed by atoms with Crippen molar-refractivity contribution < 1.29 is 0 Å². The van der Waals surface area contributed by atoms with Crippen LogP contribution in [0.15, 0.2) is 12.5 Å². The van der Waals surface area contributed by atoms with Crippen molar-refractivity contribution in [2.24, 2.45) is 0 Å². The highest BCUT2D eigenvalue weighted by Crippen LogP contribution is 2.01. The molecular formula is C8H9N3. The molecule has 0 saturated carbocycles. The monoisotopic (exact) mass is 147 g/mol. The average Bonchev–Trinajstić information content (AvgIpc) is 2.03. The van der Waals surface area contributed by atoms with Crippen LogP contribution in [0.25, 0.3) is 0 Å². The van der Waals surface area contributed by atoms with Crippen LogP contribution in [0, 0.1) is 11.8 Å². The molecule has 0 bridgehead atoms. The molecule has 3 nitrogen and oxygen atoms in total. The van der Waals surface area contributed by atoms with E-state index in [4.69, 9.17) is 5.73 Å². The van der Waals surface area contributed by atoms with Gasteiger partial charge in [-0.05, 0) is 5.92 Å². The Kier molecular flexibility index (Phi) is 2.45. The van der Waals surface area contributed by atoms with Gasteiger partial charge in [0, 0.05) is 6.42 Å². The van der Waals surface area contributed by atoms with Crippen LogP contribution in [-0.4, -0.2) is 9.97 Å². The first-order valence-corrected chi connectivity index (χ1v) is 3.39. The van der Waals surface area contributed by atoms with Gasteiger partial charge in [-0.2, -0.15) is 0 Å². The van der Waals surface area contributed by atoms with E-state index in [9.17, 15) is 0 Å². The standard InChI is InChI=1S/C8H9N3/c1-2-3-4-8-7(9)5-10-6-11-8/h5-6H,2,9H2,1H3. The number of anilines is 1.